The zero-order chi connectivity index (χ0) is 17.8. The zero-order valence-corrected chi connectivity index (χ0v) is 14.6. The standard InChI is InChI=1S/C18H23FN4O2/c1-3-23-13-14(17(20-23)25-4-2)18(24)22-11-9-21(10-12-22)16-8-6-5-7-15(16)19/h5-8,13H,3-4,9-12H2,1-2H3. The summed E-state index contributed by atoms with van der Waals surface area (Å²) in [5.74, 6) is 0.0624. The number of hydrogen-bond donors (Lipinski definition) is 0. The zero-order valence-electron chi connectivity index (χ0n) is 14.6. The van der Waals surface area contributed by atoms with Crippen LogP contribution in [0.1, 0.15) is 24.2 Å². The van der Waals surface area contributed by atoms with Crippen LogP contribution in [-0.2, 0) is 6.54 Å². The largest absolute Gasteiger partial charge is 0.476 e. The van der Waals surface area contributed by atoms with Crippen LogP contribution in [0.5, 0.6) is 5.88 Å². The van der Waals surface area contributed by atoms with Crippen LogP contribution in [0, 0.1) is 5.82 Å². The molecule has 1 aromatic carbocycles. The maximum Gasteiger partial charge on any atom is 0.261 e. The van der Waals surface area contributed by atoms with E-state index < -0.39 is 0 Å². The first kappa shape index (κ1) is 17.3. The lowest BCUT2D eigenvalue weighted by molar-refractivity contribution is 0.0742. The number of amides is 1. The molecule has 1 aromatic heterocycles. The lowest BCUT2D eigenvalue weighted by Crippen LogP contribution is -2.49. The minimum absolute atomic E-state index is 0.0867. The van der Waals surface area contributed by atoms with Gasteiger partial charge in [0.25, 0.3) is 5.91 Å². The van der Waals surface area contributed by atoms with Crippen LogP contribution >= 0.6 is 0 Å². The van der Waals surface area contributed by atoms with Crippen molar-refractivity contribution >= 4 is 11.6 Å². The van der Waals surface area contributed by atoms with Crippen molar-refractivity contribution in [1.29, 1.82) is 0 Å². The van der Waals surface area contributed by atoms with E-state index in [0.29, 0.717) is 56.5 Å². The van der Waals surface area contributed by atoms with Crippen LogP contribution in [0.3, 0.4) is 0 Å². The van der Waals surface area contributed by atoms with Crippen LogP contribution in [0.2, 0.25) is 0 Å². The number of aromatic nitrogens is 2. The highest BCUT2D eigenvalue weighted by Gasteiger charge is 2.27. The Kier molecular flexibility index (Phi) is 5.21. The van der Waals surface area contributed by atoms with E-state index in [4.69, 9.17) is 4.74 Å². The van der Waals surface area contributed by atoms with Gasteiger partial charge in [-0.15, -0.1) is 5.10 Å². The number of para-hydroxylation sites is 1. The van der Waals surface area contributed by atoms with Crippen LogP contribution in [0.25, 0.3) is 0 Å². The van der Waals surface area contributed by atoms with Gasteiger partial charge < -0.3 is 14.5 Å². The number of halogens is 1. The van der Waals surface area contributed by atoms with Gasteiger partial charge in [-0.1, -0.05) is 12.1 Å². The van der Waals surface area contributed by atoms with Crippen molar-refractivity contribution in [2.75, 3.05) is 37.7 Å². The SMILES string of the molecule is CCOc1nn(CC)cc1C(=O)N1CCN(c2ccccc2F)CC1. The second-order valence-corrected chi connectivity index (χ2v) is 5.87. The van der Waals surface area contributed by atoms with E-state index in [2.05, 4.69) is 5.10 Å². The average Bonchev–Trinajstić information content (AvgIpc) is 3.05. The summed E-state index contributed by atoms with van der Waals surface area (Å²) in [6, 6.07) is 6.73. The molecular weight excluding hydrogens is 323 g/mol. The molecule has 1 amide bonds. The van der Waals surface area contributed by atoms with Crippen LogP contribution in [0.4, 0.5) is 10.1 Å². The summed E-state index contributed by atoms with van der Waals surface area (Å²) in [6.07, 6.45) is 1.73. The smallest absolute Gasteiger partial charge is 0.261 e. The predicted octanol–water partition coefficient (Wildman–Crippen LogP) is 2.40. The van der Waals surface area contributed by atoms with Gasteiger partial charge in [-0.25, -0.2) is 4.39 Å². The number of anilines is 1. The summed E-state index contributed by atoms with van der Waals surface area (Å²) in [7, 11) is 0. The molecule has 0 saturated carbocycles. The monoisotopic (exact) mass is 346 g/mol. The molecule has 0 unspecified atom stereocenters. The first-order valence-electron chi connectivity index (χ1n) is 8.63. The van der Waals surface area contributed by atoms with Gasteiger partial charge >= 0.3 is 0 Å². The maximum absolute atomic E-state index is 13.9. The Morgan fingerprint density at radius 2 is 1.92 bits per heavy atom. The van der Waals surface area contributed by atoms with Crippen LogP contribution in [-0.4, -0.2) is 53.4 Å². The Bertz CT molecular complexity index is 738. The van der Waals surface area contributed by atoms with Gasteiger partial charge in [-0.2, -0.15) is 0 Å². The van der Waals surface area contributed by atoms with Crippen molar-refractivity contribution in [2.45, 2.75) is 20.4 Å². The lowest BCUT2D eigenvalue weighted by Gasteiger charge is -2.36. The van der Waals surface area contributed by atoms with E-state index in [1.165, 1.54) is 6.07 Å². The van der Waals surface area contributed by atoms with Crippen LogP contribution < -0.4 is 9.64 Å². The molecular formula is C18H23FN4O2. The fraction of sp³-hybridized carbons (Fsp3) is 0.444. The fourth-order valence-corrected chi connectivity index (χ4v) is 2.98. The van der Waals surface area contributed by atoms with Gasteiger partial charge in [0.2, 0.25) is 5.88 Å². The van der Waals surface area contributed by atoms with Gasteiger partial charge in [0.05, 0.1) is 12.3 Å². The molecule has 3 rings (SSSR count). The highest BCUT2D eigenvalue weighted by Crippen LogP contribution is 2.23. The van der Waals surface area contributed by atoms with E-state index in [-0.39, 0.29) is 11.7 Å². The average molecular weight is 346 g/mol. The summed E-state index contributed by atoms with van der Waals surface area (Å²) in [5, 5.41) is 4.30. The van der Waals surface area contributed by atoms with Gasteiger partial charge in [-0.05, 0) is 26.0 Å². The fourth-order valence-electron chi connectivity index (χ4n) is 2.98. The molecule has 2 heterocycles. The van der Waals surface area contributed by atoms with Gasteiger partial charge in [0.15, 0.2) is 0 Å². The molecule has 6 nitrogen and oxygen atoms in total. The van der Waals surface area contributed by atoms with Crippen molar-refractivity contribution in [1.82, 2.24) is 14.7 Å². The van der Waals surface area contributed by atoms with E-state index in [0.717, 1.165) is 0 Å². The molecule has 1 aliphatic heterocycles. The lowest BCUT2D eigenvalue weighted by atomic mass is 10.2. The number of ether oxygens (including phenoxy) is 1. The van der Waals surface area contributed by atoms with Crippen molar-refractivity contribution in [3.8, 4) is 5.88 Å². The summed E-state index contributed by atoms with van der Waals surface area (Å²) in [4.78, 5) is 16.6. The predicted molar refractivity (Wildman–Crippen MR) is 93.6 cm³/mol. The summed E-state index contributed by atoms with van der Waals surface area (Å²) in [6.45, 7) is 7.23. The molecule has 0 radical (unpaired) electrons. The van der Waals surface area contributed by atoms with Gasteiger partial charge in [0.1, 0.15) is 11.4 Å². The van der Waals surface area contributed by atoms with Gasteiger partial charge in [0, 0.05) is 38.9 Å². The van der Waals surface area contributed by atoms with E-state index in [9.17, 15) is 9.18 Å². The molecule has 0 atom stereocenters. The molecule has 0 spiro atoms. The Hall–Kier alpha value is -2.57. The molecule has 0 N–H and O–H groups in total. The molecule has 7 heteroatoms. The van der Waals surface area contributed by atoms with E-state index >= 15 is 0 Å². The molecule has 2 aromatic rings. The minimum Gasteiger partial charge on any atom is -0.476 e. The molecule has 0 bridgehead atoms. The summed E-state index contributed by atoms with van der Waals surface area (Å²) in [5.41, 5.74) is 1.08. The first-order chi connectivity index (χ1) is 12.1. The number of carbonyl (C=O) groups excluding carboxylic acids is 1. The Morgan fingerprint density at radius 3 is 2.56 bits per heavy atom. The third-order valence-corrected chi connectivity index (χ3v) is 4.32. The van der Waals surface area contributed by atoms with Gasteiger partial charge in [-0.3, -0.25) is 9.48 Å². The second-order valence-electron chi connectivity index (χ2n) is 5.87. The van der Waals surface area contributed by atoms with E-state index in [1.807, 2.05) is 24.8 Å². The third kappa shape index (κ3) is 3.60. The van der Waals surface area contributed by atoms with Crippen LogP contribution in [0.15, 0.2) is 30.5 Å². The minimum atomic E-state index is -0.231. The van der Waals surface area contributed by atoms with E-state index in [1.54, 1.807) is 27.9 Å². The summed E-state index contributed by atoms with van der Waals surface area (Å²) >= 11 is 0. The van der Waals surface area contributed by atoms with Crippen molar-refractivity contribution < 1.29 is 13.9 Å². The first-order valence-corrected chi connectivity index (χ1v) is 8.63. The molecule has 1 saturated heterocycles. The number of benzene rings is 1. The molecule has 1 fully saturated rings. The molecule has 0 aliphatic carbocycles. The Labute approximate surface area is 146 Å². The summed E-state index contributed by atoms with van der Waals surface area (Å²) < 4.78 is 21.1. The number of carbonyl (C=O) groups is 1. The number of piperazine rings is 1. The second kappa shape index (κ2) is 7.55. The van der Waals surface area contributed by atoms with Crippen molar-refractivity contribution in [3.63, 3.8) is 0 Å². The quantitative estimate of drug-likeness (QED) is 0.834. The highest BCUT2D eigenvalue weighted by molar-refractivity contribution is 5.96. The number of nitrogens with zero attached hydrogens (tertiary/aromatic N) is 4. The normalized spacial score (nSPS) is 14.7. The highest BCUT2D eigenvalue weighted by atomic mass is 19.1. The third-order valence-electron chi connectivity index (χ3n) is 4.32. The number of aryl methyl sites for hydroxylation is 1. The molecule has 134 valence electrons. The number of rotatable bonds is 5. The molecule has 25 heavy (non-hydrogen) atoms. The maximum atomic E-state index is 13.9. The Balaban J connectivity index is 1.70. The van der Waals surface area contributed by atoms with Crippen molar-refractivity contribution in [3.05, 3.63) is 41.8 Å². The topological polar surface area (TPSA) is 50.6 Å². The Morgan fingerprint density at radius 1 is 1.20 bits per heavy atom. The molecule has 1 aliphatic rings. The van der Waals surface area contributed by atoms with Crippen molar-refractivity contribution in [2.24, 2.45) is 0 Å². The number of hydrogen-bond acceptors (Lipinski definition) is 4.